The molecule has 1 aliphatic rings. The summed E-state index contributed by atoms with van der Waals surface area (Å²) in [5, 5.41) is 0. The van der Waals surface area contributed by atoms with E-state index in [1.165, 1.54) is 16.7 Å². The smallest absolute Gasteiger partial charge is 0.419 e. The van der Waals surface area contributed by atoms with Gasteiger partial charge in [-0.3, -0.25) is 9.47 Å². The van der Waals surface area contributed by atoms with E-state index < -0.39 is 0 Å². The number of oxazole rings is 1. The van der Waals surface area contributed by atoms with Crippen molar-refractivity contribution < 1.29 is 13.9 Å². The quantitative estimate of drug-likeness (QED) is 0.415. The summed E-state index contributed by atoms with van der Waals surface area (Å²) >= 11 is 0. The third kappa shape index (κ3) is 4.02. The lowest BCUT2D eigenvalue weighted by molar-refractivity contribution is 0.206. The molecular formula is C27H28N2O4. The summed E-state index contributed by atoms with van der Waals surface area (Å²) in [6.45, 7) is 2.41. The first-order valence-electron chi connectivity index (χ1n) is 11.3. The third-order valence-electron chi connectivity index (χ3n) is 6.49. The van der Waals surface area contributed by atoms with Crippen molar-refractivity contribution in [3.05, 3.63) is 94.0 Å². The van der Waals surface area contributed by atoms with Crippen LogP contribution in [0.5, 0.6) is 11.5 Å². The molecule has 1 aliphatic heterocycles. The van der Waals surface area contributed by atoms with Gasteiger partial charge in [-0.1, -0.05) is 42.5 Å². The van der Waals surface area contributed by atoms with Gasteiger partial charge in [-0.25, -0.2) is 4.79 Å². The summed E-state index contributed by atoms with van der Waals surface area (Å²) in [5.74, 6) is 1.22. The summed E-state index contributed by atoms with van der Waals surface area (Å²) in [7, 11) is 3.35. The SMILES string of the molecule is COc1cc2c(cc1OC)C(c1ccccc1)N(CCCn1c(=O)oc3ccccc31)CC2. The minimum absolute atomic E-state index is 0.118. The zero-order valence-corrected chi connectivity index (χ0v) is 19.0. The number of benzene rings is 3. The molecule has 0 aliphatic carbocycles. The molecule has 0 N–H and O–H groups in total. The molecule has 170 valence electrons. The number of fused-ring (bicyclic) bond motifs is 2. The number of nitrogens with zero attached hydrogens (tertiary/aromatic N) is 2. The molecule has 0 spiro atoms. The molecule has 1 aromatic heterocycles. The monoisotopic (exact) mass is 444 g/mol. The highest BCUT2D eigenvalue weighted by Gasteiger charge is 2.30. The van der Waals surface area contributed by atoms with E-state index in [2.05, 4.69) is 41.3 Å². The normalized spacial score (nSPS) is 16.0. The first kappa shape index (κ1) is 21.3. The fraction of sp³-hybridized carbons (Fsp3) is 0.296. The molecule has 0 amide bonds. The van der Waals surface area contributed by atoms with Gasteiger partial charge in [0.05, 0.1) is 25.8 Å². The topological polar surface area (TPSA) is 56.8 Å². The number of rotatable bonds is 7. The van der Waals surface area contributed by atoms with Crippen molar-refractivity contribution in [3.63, 3.8) is 0 Å². The Morgan fingerprint density at radius 2 is 1.67 bits per heavy atom. The van der Waals surface area contributed by atoms with Crippen LogP contribution in [-0.2, 0) is 13.0 Å². The fourth-order valence-corrected chi connectivity index (χ4v) is 4.92. The Labute approximate surface area is 193 Å². The average Bonchev–Trinajstić information content (AvgIpc) is 3.18. The van der Waals surface area contributed by atoms with Gasteiger partial charge < -0.3 is 13.9 Å². The zero-order valence-electron chi connectivity index (χ0n) is 19.0. The van der Waals surface area contributed by atoms with Crippen molar-refractivity contribution in [1.82, 2.24) is 9.47 Å². The van der Waals surface area contributed by atoms with E-state index in [1.807, 2.05) is 30.3 Å². The van der Waals surface area contributed by atoms with Crippen LogP contribution in [0.2, 0.25) is 0 Å². The van der Waals surface area contributed by atoms with Crippen molar-refractivity contribution >= 4 is 11.1 Å². The molecule has 0 saturated carbocycles. The Morgan fingerprint density at radius 1 is 0.939 bits per heavy atom. The first-order chi connectivity index (χ1) is 16.2. The molecule has 0 saturated heterocycles. The lowest BCUT2D eigenvalue weighted by atomic mass is 9.87. The van der Waals surface area contributed by atoms with Crippen molar-refractivity contribution in [1.29, 1.82) is 0 Å². The summed E-state index contributed by atoms with van der Waals surface area (Å²) < 4.78 is 18.3. The number of hydrogen-bond donors (Lipinski definition) is 0. The minimum Gasteiger partial charge on any atom is -0.493 e. The van der Waals surface area contributed by atoms with Crippen molar-refractivity contribution in [2.45, 2.75) is 25.4 Å². The van der Waals surface area contributed by atoms with E-state index in [4.69, 9.17) is 13.9 Å². The second kappa shape index (κ2) is 9.16. The summed E-state index contributed by atoms with van der Waals surface area (Å²) in [4.78, 5) is 14.9. The van der Waals surface area contributed by atoms with Gasteiger partial charge in [0.15, 0.2) is 17.1 Å². The van der Waals surface area contributed by atoms with E-state index in [0.29, 0.717) is 12.1 Å². The highest BCUT2D eigenvalue weighted by Crippen LogP contribution is 2.41. The first-order valence-corrected chi connectivity index (χ1v) is 11.3. The average molecular weight is 445 g/mol. The van der Waals surface area contributed by atoms with Crippen molar-refractivity contribution in [3.8, 4) is 11.5 Å². The van der Waals surface area contributed by atoms with E-state index in [-0.39, 0.29) is 11.8 Å². The largest absolute Gasteiger partial charge is 0.493 e. The van der Waals surface area contributed by atoms with Gasteiger partial charge in [0.1, 0.15) is 0 Å². The van der Waals surface area contributed by atoms with Crippen LogP contribution in [-0.4, -0.2) is 36.8 Å². The van der Waals surface area contributed by atoms with Gasteiger partial charge in [0, 0.05) is 19.6 Å². The summed E-state index contributed by atoms with van der Waals surface area (Å²) in [5.41, 5.74) is 5.27. The highest BCUT2D eigenvalue weighted by molar-refractivity contribution is 5.72. The minimum atomic E-state index is -0.295. The number of aryl methyl sites for hydroxylation is 1. The van der Waals surface area contributed by atoms with Gasteiger partial charge in [-0.2, -0.15) is 0 Å². The molecule has 5 rings (SSSR count). The summed E-state index contributed by atoms with van der Waals surface area (Å²) in [6, 6.07) is 22.5. The molecule has 6 nitrogen and oxygen atoms in total. The van der Waals surface area contributed by atoms with Crippen LogP contribution in [0, 0.1) is 0 Å². The number of ether oxygens (including phenoxy) is 2. The van der Waals surface area contributed by atoms with Crippen LogP contribution < -0.4 is 15.2 Å². The molecule has 1 unspecified atom stereocenters. The maximum Gasteiger partial charge on any atom is 0.419 e. The van der Waals surface area contributed by atoms with Crippen LogP contribution in [0.1, 0.15) is 29.2 Å². The third-order valence-corrected chi connectivity index (χ3v) is 6.49. The lowest BCUT2D eigenvalue weighted by Gasteiger charge is -2.38. The van der Waals surface area contributed by atoms with Crippen LogP contribution >= 0.6 is 0 Å². The maximum atomic E-state index is 12.4. The number of hydrogen-bond acceptors (Lipinski definition) is 5. The fourth-order valence-electron chi connectivity index (χ4n) is 4.92. The lowest BCUT2D eigenvalue weighted by Crippen LogP contribution is -2.37. The van der Waals surface area contributed by atoms with Crippen LogP contribution in [0.4, 0.5) is 0 Å². The molecule has 4 aromatic rings. The molecule has 6 heteroatoms. The van der Waals surface area contributed by atoms with Gasteiger partial charge in [-0.15, -0.1) is 0 Å². The Kier molecular flexibility index (Phi) is 5.92. The molecule has 3 aromatic carbocycles. The van der Waals surface area contributed by atoms with Gasteiger partial charge in [-0.05, 0) is 53.8 Å². The van der Waals surface area contributed by atoms with Crippen LogP contribution in [0.15, 0.2) is 75.9 Å². The number of methoxy groups -OCH3 is 2. The Bertz CT molecular complexity index is 1310. The summed E-state index contributed by atoms with van der Waals surface area (Å²) in [6.07, 6.45) is 1.78. The van der Waals surface area contributed by atoms with Gasteiger partial charge in [0.25, 0.3) is 0 Å². The predicted octanol–water partition coefficient (Wildman–Crippen LogP) is 4.65. The van der Waals surface area contributed by atoms with E-state index >= 15 is 0 Å². The molecule has 33 heavy (non-hydrogen) atoms. The van der Waals surface area contributed by atoms with Gasteiger partial charge in [0.2, 0.25) is 0 Å². The molecular weight excluding hydrogens is 416 g/mol. The Balaban J connectivity index is 1.43. The zero-order chi connectivity index (χ0) is 22.8. The number of para-hydroxylation sites is 2. The van der Waals surface area contributed by atoms with Crippen LogP contribution in [0.25, 0.3) is 11.1 Å². The molecule has 1 atom stereocenters. The molecule has 2 heterocycles. The number of aromatic nitrogens is 1. The van der Waals surface area contributed by atoms with Crippen molar-refractivity contribution in [2.24, 2.45) is 0 Å². The van der Waals surface area contributed by atoms with E-state index in [1.54, 1.807) is 18.8 Å². The van der Waals surface area contributed by atoms with E-state index in [9.17, 15) is 4.79 Å². The van der Waals surface area contributed by atoms with Gasteiger partial charge >= 0.3 is 5.76 Å². The standard InChI is InChI=1S/C27H28N2O4/c1-31-24-17-20-13-16-28(14-8-15-29-22-11-6-7-12-23(22)33-27(29)30)26(19-9-4-3-5-10-19)21(20)18-25(24)32-2/h3-7,9-12,17-18,26H,8,13-16H2,1-2H3. The highest BCUT2D eigenvalue weighted by atomic mass is 16.5. The maximum absolute atomic E-state index is 12.4. The second-order valence-corrected chi connectivity index (χ2v) is 8.35. The molecule has 0 fully saturated rings. The second-order valence-electron chi connectivity index (χ2n) is 8.35. The Morgan fingerprint density at radius 3 is 2.45 bits per heavy atom. The molecule has 0 radical (unpaired) electrons. The predicted molar refractivity (Wildman–Crippen MR) is 128 cm³/mol. The van der Waals surface area contributed by atoms with Crippen LogP contribution in [0.3, 0.4) is 0 Å². The molecule has 0 bridgehead atoms. The Hall–Kier alpha value is -3.51. The van der Waals surface area contributed by atoms with E-state index in [0.717, 1.165) is 42.9 Å². The van der Waals surface area contributed by atoms with Crippen molar-refractivity contribution in [2.75, 3.05) is 27.3 Å².